The number of nitrogens with zero attached hydrogens (tertiary/aromatic N) is 4. The van der Waals surface area contributed by atoms with E-state index in [9.17, 15) is 13.2 Å². The summed E-state index contributed by atoms with van der Waals surface area (Å²) in [4.78, 5) is 15.8. The van der Waals surface area contributed by atoms with E-state index in [1.165, 1.54) is 19.2 Å². The molecule has 3 aromatic rings. The number of azo groups is 1. The predicted molar refractivity (Wildman–Crippen MR) is 99.7 cm³/mol. The summed E-state index contributed by atoms with van der Waals surface area (Å²) in [5, 5.41) is 8.79. The number of ether oxygens (including phenoxy) is 1. The van der Waals surface area contributed by atoms with Gasteiger partial charge in [-0.3, -0.25) is 0 Å². The number of thiophene rings is 1. The minimum absolute atomic E-state index is 0.00366. The number of halogens is 1. The Balaban J connectivity index is 1.78. The number of carbonyl (C=O) groups excluding carboxylic acids is 1. The number of amides is 2. The highest BCUT2D eigenvalue weighted by Gasteiger charge is 2.23. The number of carbonyl (C=O) groups is 1. The molecular formula is C15H12ClN5O4S2. The number of sulfonamides is 1. The summed E-state index contributed by atoms with van der Waals surface area (Å²) in [7, 11) is -2.73. The second kappa shape index (κ2) is 7.86. The van der Waals surface area contributed by atoms with Crippen LogP contribution >= 0.6 is 22.9 Å². The Labute approximate surface area is 163 Å². The van der Waals surface area contributed by atoms with Crippen LogP contribution in [0.15, 0.2) is 62.5 Å². The monoisotopic (exact) mass is 425 g/mol. The highest BCUT2D eigenvalue weighted by Crippen LogP contribution is 2.26. The van der Waals surface area contributed by atoms with Gasteiger partial charge in [0.1, 0.15) is 0 Å². The van der Waals surface area contributed by atoms with E-state index < -0.39 is 16.1 Å². The first-order valence-corrected chi connectivity index (χ1v) is 10.0. The first-order valence-electron chi connectivity index (χ1n) is 7.30. The number of aromatic nitrogens is 2. The van der Waals surface area contributed by atoms with Gasteiger partial charge in [-0.25, -0.2) is 17.9 Å². The number of hydrogen-bond acceptors (Lipinski definition) is 7. The van der Waals surface area contributed by atoms with E-state index in [0.717, 1.165) is 11.3 Å². The summed E-state index contributed by atoms with van der Waals surface area (Å²) in [5.41, 5.74) is 0.420. The van der Waals surface area contributed by atoms with E-state index in [-0.39, 0.29) is 20.9 Å². The molecule has 1 N–H and O–H groups in total. The molecule has 0 saturated carbocycles. The third kappa shape index (κ3) is 4.51. The van der Waals surface area contributed by atoms with Crippen LogP contribution in [0.5, 0.6) is 5.88 Å². The van der Waals surface area contributed by atoms with Gasteiger partial charge in [0.25, 0.3) is 10.0 Å². The fourth-order valence-corrected chi connectivity index (χ4v) is 4.49. The van der Waals surface area contributed by atoms with Crippen molar-refractivity contribution in [2.75, 3.05) is 7.11 Å². The van der Waals surface area contributed by atoms with E-state index in [1.54, 1.807) is 40.5 Å². The first-order chi connectivity index (χ1) is 12.9. The Morgan fingerprint density at radius 1 is 1.33 bits per heavy atom. The minimum atomic E-state index is -4.13. The van der Waals surface area contributed by atoms with Crippen molar-refractivity contribution in [2.45, 2.75) is 4.21 Å². The fraction of sp³-hybridized carbons (Fsp3) is 0.0667. The van der Waals surface area contributed by atoms with Crippen molar-refractivity contribution in [3.63, 3.8) is 0 Å². The maximum Gasteiger partial charge on any atom is 0.373 e. The molecule has 2 amide bonds. The zero-order valence-electron chi connectivity index (χ0n) is 13.7. The molecule has 0 aromatic carbocycles. The van der Waals surface area contributed by atoms with E-state index in [4.69, 9.17) is 16.3 Å². The van der Waals surface area contributed by atoms with Gasteiger partial charge in [-0.05, 0) is 23.6 Å². The number of rotatable bonds is 5. The van der Waals surface area contributed by atoms with Gasteiger partial charge in [0, 0.05) is 29.5 Å². The average Bonchev–Trinajstić information content (AvgIpc) is 3.30. The van der Waals surface area contributed by atoms with E-state index >= 15 is 0 Å². The molecule has 0 fully saturated rings. The van der Waals surface area contributed by atoms with Crippen LogP contribution < -0.4 is 9.46 Å². The van der Waals surface area contributed by atoms with Crippen LogP contribution in [-0.4, -0.2) is 31.1 Å². The smallest absolute Gasteiger partial charge is 0.373 e. The van der Waals surface area contributed by atoms with Crippen LogP contribution in [0.1, 0.15) is 0 Å². The quantitative estimate of drug-likeness (QED) is 0.624. The number of hydrogen-bond donors (Lipinski definition) is 1. The summed E-state index contributed by atoms with van der Waals surface area (Å²) < 4.78 is 33.4. The summed E-state index contributed by atoms with van der Waals surface area (Å²) >= 11 is 6.84. The lowest BCUT2D eigenvalue weighted by molar-refractivity contribution is 0.252. The van der Waals surface area contributed by atoms with Gasteiger partial charge in [0.2, 0.25) is 5.88 Å². The SMILES string of the molecule is COc1cc(Cl)cc(N=NC(=O)NS(=O)(=O)c2sccc2-n2cccc2)n1. The van der Waals surface area contributed by atoms with Gasteiger partial charge in [0.15, 0.2) is 10.0 Å². The van der Waals surface area contributed by atoms with Crippen LogP contribution in [0.4, 0.5) is 10.6 Å². The fourth-order valence-electron chi connectivity index (χ4n) is 2.07. The van der Waals surface area contributed by atoms with Crippen LogP contribution in [0.2, 0.25) is 5.02 Å². The van der Waals surface area contributed by atoms with E-state index in [1.807, 2.05) is 4.72 Å². The van der Waals surface area contributed by atoms with Crippen molar-refractivity contribution in [1.82, 2.24) is 14.3 Å². The maximum atomic E-state index is 12.5. The molecule has 0 saturated heterocycles. The van der Waals surface area contributed by atoms with Crippen molar-refractivity contribution < 1.29 is 17.9 Å². The number of nitrogens with one attached hydrogen (secondary N) is 1. The Bertz CT molecular complexity index is 1090. The molecule has 3 heterocycles. The molecule has 0 unspecified atom stereocenters. The van der Waals surface area contributed by atoms with Crippen molar-refractivity contribution in [3.8, 4) is 11.6 Å². The summed E-state index contributed by atoms with van der Waals surface area (Å²) in [5.74, 6) is 0.176. The average molecular weight is 426 g/mol. The lowest BCUT2D eigenvalue weighted by atomic mass is 10.4. The molecule has 3 rings (SSSR count). The molecule has 27 heavy (non-hydrogen) atoms. The second-order valence-corrected chi connectivity index (χ2v) is 8.21. The molecule has 0 radical (unpaired) electrons. The zero-order chi connectivity index (χ0) is 19.4. The molecule has 0 aliphatic rings. The highest BCUT2D eigenvalue weighted by molar-refractivity contribution is 7.92. The molecule has 3 aromatic heterocycles. The summed E-state index contributed by atoms with van der Waals surface area (Å²) in [6.45, 7) is 0. The van der Waals surface area contributed by atoms with Crippen LogP contribution in [-0.2, 0) is 10.0 Å². The summed E-state index contributed by atoms with van der Waals surface area (Å²) in [6.07, 6.45) is 3.39. The largest absolute Gasteiger partial charge is 0.481 e. The molecule has 0 aliphatic carbocycles. The molecule has 0 aliphatic heterocycles. The Morgan fingerprint density at radius 2 is 2.07 bits per heavy atom. The minimum Gasteiger partial charge on any atom is -0.481 e. The van der Waals surface area contributed by atoms with Crippen molar-refractivity contribution >= 4 is 44.8 Å². The number of methoxy groups -OCH3 is 1. The van der Waals surface area contributed by atoms with Crippen molar-refractivity contribution in [3.05, 3.63) is 53.1 Å². The third-order valence-corrected chi connectivity index (χ3v) is 6.17. The Morgan fingerprint density at radius 3 is 2.78 bits per heavy atom. The van der Waals surface area contributed by atoms with E-state index in [2.05, 4.69) is 15.2 Å². The van der Waals surface area contributed by atoms with Crippen molar-refractivity contribution in [2.24, 2.45) is 10.2 Å². The predicted octanol–water partition coefficient (Wildman–Crippen LogP) is 3.78. The van der Waals surface area contributed by atoms with Crippen LogP contribution in [0.3, 0.4) is 0 Å². The van der Waals surface area contributed by atoms with Gasteiger partial charge in [-0.15, -0.1) is 16.5 Å². The molecule has 12 heteroatoms. The molecule has 9 nitrogen and oxygen atoms in total. The second-order valence-electron chi connectivity index (χ2n) is 4.98. The van der Waals surface area contributed by atoms with Gasteiger partial charge < -0.3 is 9.30 Å². The number of urea groups is 1. The maximum absolute atomic E-state index is 12.5. The van der Waals surface area contributed by atoms with Gasteiger partial charge >= 0.3 is 6.03 Å². The van der Waals surface area contributed by atoms with Crippen LogP contribution in [0, 0.1) is 0 Å². The molecule has 0 atom stereocenters. The Hall–Kier alpha value is -2.76. The third-order valence-electron chi connectivity index (χ3n) is 3.16. The standard InChI is InChI=1S/C15H12ClN5O4S2/c1-25-13-9-10(16)8-12(17-13)18-19-15(22)20-27(23,24)14-11(4-7-26-14)21-5-2-3-6-21/h2-9H,1H3,(H,20,22). The highest BCUT2D eigenvalue weighted by atomic mass is 35.5. The first kappa shape index (κ1) is 19.0. The van der Waals surface area contributed by atoms with Gasteiger partial charge in [-0.2, -0.15) is 4.98 Å². The number of pyridine rings is 1. The lowest BCUT2D eigenvalue weighted by Crippen LogP contribution is -2.27. The molecule has 0 bridgehead atoms. The lowest BCUT2D eigenvalue weighted by Gasteiger charge is -2.06. The Kier molecular flexibility index (Phi) is 5.54. The molecule has 140 valence electrons. The summed E-state index contributed by atoms with van der Waals surface area (Å²) in [6, 6.07) is 6.78. The topological polar surface area (TPSA) is 115 Å². The molecular weight excluding hydrogens is 414 g/mol. The van der Waals surface area contributed by atoms with E-state index in [0.29, 0.717) is 5.69 Å². The zero-order valence-corrected chi connectivity index (χ0v) is 16.1. The molecule has 0 spiro atoms. The van der Waals surface area contributed by atoms with Crippen LogP contribution in [0.25, 0.3) is 5.69 Å². The van der Waals surface area contributed by atoms with Gasteiger partial charge in [-0.1, -0.05) is 16.7 Å². The van der Waals surface area contributed by atoms with Crippen molar-refractivity contribution in [1.29, 1.82) is 0 Å². The van der Waals surface area contributed by atoms with Gasteiger partial charge in [0.05, 0.1) is 12.8 Å². The normalized spacial score (nSPS) is 11.6.